The molecule has 0 saturated carbocycles. The maximum atomic E-state index is 14.0. The normalized spacial score (nSPS) is 12.9. The van der Waals surface area contributed by atoms with Crippen molar-refractivity contribution in [1.82, 2.24) is 5.32 Å². The van der Waals surface area contributed by atoms with Gasteiger partial charge in [-0.3, -0.25) is 4.79 Å². The molecule has 0 aliphatic rings. The standard InChI is InChI=1S/C17H20F2INO4/c1-4-25-17(24)11(7-21-15(8-22)9(2)3)16(23)10-5-14(20)13(19)6-12(10)18/h5-7,9,15,21-22H,4,8H2,1-3H3. The van der Waals surface area contributed by atoms with E-state index in [1.54, 1.807) is 29.5 Å². The fourth-order valence-electron chi connectivity index (χ4n) is 1.91. The summed E-state index contributed by atoms with van der Waals surface area (Å²) in [5, 5.41) is 12.1. The molecule has 1 aromatic rings. The summed E-state index contributed by atoms with van der Waals surface area (Å²) < 4.78 is 32.3. The molecule has 138 valence electrons. The second kappa shape index (κ2) is 9.81. The van der Waals surface area contributed by atoms with Crippen molar-refractivity contribution in [2.24, 2.45) is 5.92 Å². The second-order valence-electron chi connectivity index (χ2n) is 5.55. The summed E-state index contributed by atoms with van der Waals surface area (Å²) in [6.45, 7) is 5.06. The number of nitrogens with one attached hydrogen (secondary N) is 1. The molecule has 2 N–H and O–H groups in total. The van der Waals surface area contributed by atoms with Crippen molar-refractivity contribution in [3.05, 3.63) is 44.7 Å². The molecule has 0 radical (unpaired) electrons. The topological polar surface area (TPSA) is 75.6 Å². The Hall–Kier alpha value is -1.55. The zero-order valence-corrected chi connectivity index (χ0v) is 16.3. The molecule has 0 aliphatic heterocycles. The first-order valence-electron chi connectivity index (χ1n) is 7.66. The van der Waals surface area contributed by atoms with Crippen LogP contribution in [0.4, 0.5) is 8.78 Å². The highest BCUT2D eigenvalue weighted by Crippen LogP contribution is 2.20. The van der Waals surface area contributed by atoms with Crippen molar-refractivity contribution < 1.29 is 28.2 Å². The second-order valence-corrected chi connectivity index (χ2v) is 6.72. The third-order valence-electron chi connectivity index (χ3n) is 3.44. The molecular formula is C17H20F2INO4. The largest absolute Gasteiger partial charge is 0.462 e. The Bertz CT molecular complexity index is 677. The summed E-state index contributed by atoms with van der Waals surface area (Å²) in [6, 6.07) is 1.22. The molecule has 1 rings (SSSR count). The third-order valence-corrected chi connectivity index (χ3v) is 4.26. The van der Waals surface area contributed by atoms with Crippen molar-refractivity contribution >= 4 is 34.3 Å². The van der Waals surface area contributed by atoms with Crippen LogP contribution in [-0.2, 0) is 9.53 Å². The van der Waals surface area contributed by atoms with E-state index in [9.17, 15) is 23.5 Å². The molecule has 0 amide bonds. The van der Waals surface area contributed by atoms with Gasteiger partial charge in [-0.25, -0.2) is 13.6 Å². The van der Waals surface area contributed by atoms with E-state index >= 15 is 0 Å². The SMILES string of the molecule is CCOC(=O)C(=CNC(CO)C(C)C)C(=O)c1cc(I)c(F)cc1F. The first-order valence-corrected chi connectivity index (χ1v) is 8.74. The van der Waals surface area contributed by atoms with Gasteiger partial charge < -0.3 is 15.2 Å². The van der Waals surface area contributed by atoms with Crippen LogP contribution in [0.2, 0.25) is 0 Å². The number of carbonyl (C=O) groups excluding carboxylic acids is 2. The third kappa shape index (κ3) is 5.74. The monoisotopic (exact) mass is 467 g/mol. The molecule has 0 heterocycles. The molecule has 0 aliphatic carbocycles. The van der Waals surface area contributed by atoms with E-state index in [1.807, 2.05) is 13.8 Å². The maximum Gasteiger partial charge on any atom is 0.343 e. The zero-order chi connectivity index (χ0) is 19.1. The van der Waals surface area contributed by atoms with Gasteiger partial charge in [0.1, 0.15) is 17.2 Å². The fourth-order valence-corrected chi connectivity index (χ4v) is 2.38. The average Bonchev–Trinajstić information content (AvgIpc) is 2.54. The van der Waals surface area contributed by atoms with Gasteiger partial charge in [-0.2, -0.15) is 0 Å². The van der Waals surface area contributed by atoms with Gasteiger partial charge in [0.25, 0.3) is 0 Å². The van der Waals surface area contributed by atoms with Crippen LogP contribution in [0.1, 0.15) is 31.1 Å². The Morgan fingerprint density at radius 1 is 1.32 bits per heavy atom. The number of rotatable bonds is 8. The number of halogens is 3. The predicted molar refractivity (Wildman–Crippen MR) is 97.0 cm³/mol. The van der Waals surface area contributed by atoms with Crippen LogP contribution >= 0.6 is 22.6 Å². The molecular weight excluding hydrogens is 447 g/mol. The number of aliphatic hydroxyl groups excluding tert-OH is 1. The lowest BCUT2D eigenvalue weighted by Gasteiger charge is -2.19. The Morgan fingerprint density at radius 3 is 2.48 bits per heavy atom. The number of hydrogen-bond donors (Lipinski definition) is 2. The minimum absolute atomic E-state index is 0.0169. The maximum absolute atomic E-state index is 14.0. The molecule has 8 heteroatoms. The van der Waals surface area contributed by atoms with Gasteiger partial charge in [-0.15, -0.1) is 0 Å². The number of ketones is 1. The van der Waals surface area contributed by atoms with Crippen LogP contribution in [0, 0.1) is 21.1 Å². The van der Waals surface area contributed by atoms with Gasteiger partial charge in [-0.05, 0) is 41.5 Å². The highest BCUT2D eigenvalue weighted by molar-refractivity contribution is 14.1. The van der Waals surface area contributed by atoms with Crippen molar-refractivity contribution in [2.45, 2.75) is 26.8 Å². The Kier molecular flexibility index (Phi) is 8.43. The lowest BCUT2D eigenvalue weighted by Crippen LogP contribution is -2.34. The van der Waals surface area contributed by atoms with Crippen molar-refractivity contribution in [3.8, 4) is 0 Å². The molecule has 25 heavy (non-hydrogen) atoms. The summed E-state index contributed by atoms with van der Waals surface area (Å²) in [5.74, 6) is -3.71. The summed E-state index contributed by atoms with van der Waals surface area (Å²) in [5.41, 5.74) is -0.862. The van der Waals surface area contributed by atoms with E-state index in [0.29, 0.717) is 6.07 Å². The lowest BCUT2D eigenvalue weighted by atomic mass is 10.0. The Morgan fingerprint density at radius 2 is 1.96 bits per heavy atom. The van der Waals surface area contributed by atoms with Crippen LogP contribution in [-0.4, -0.2) is 36.1 Å². The quantitative estimate of drug-likeness (QED) is 0.117. The number of benzene rings is 1. The van der Waals surface area contributed by atoms with Gasteiger partial charge in [0.15, 0.2) is 0 Å². The predicted octanol–water partition coefficient (Wildman–Crippen LogP) is 2.81. The van der Waals surface area contributed by atoms with E-state index in [1.165, 1.54) is 0 Å². The first kappa shape index (κ1) is 21.5. The van der Waals surface area contributed by atoms with Gasteiger partial charge in [-0.1, -0.05) is 13.8 Å². The average molecular weight is 467 g/mol. The molecule has 1 unspecified atom stereocenters. The summed E-state index contributed by atoms with van der Waals surface area (Å²) >= 11 is 1.63. The van der Waals surface area contributed by atoms with E-state index in [4.69, 9.17) is 4.74 Å². The van der Waals surface area contributed by atoms with Crippen LogP contribution in [0.5, 0.6) is 0 Å². The highest BCUT2D eigenvalue weighted by atomic mass is 127. The summed E-state index contributed by atoms with van der Waals surface area (Å²) in [6.07, 6.45) is 1.11. The highest BCUT2D eigenvalue weighted by Gasteiger charge is 2.25. The number of ether oxygens (including phenoxy) is 1. The number of esters is 1. The van der Waals surface area contributed by atoms with Gasteiger partial charge in [0.05, 0.1) is 24.8 Å². The van der Waals surface area contributed by atoms with E-state index < -0.39 is 40.6 Å². The molecule has 0 aromatic heterocycles. The smallest absolute Gasteiger partial charge is 0.343 e. The summed E-state index contributed by atoms with van der Waals surface area (Å²) in [7, 11) is 0. The fraction of sp³-hybridized carbons (Fsp3) is 0.412. The molecule has 1 atom stereocenters. The minimum Gasteiger partial charge on any atom is -0.462 e. The lowest BCUT2D eigenvalue weighted by molar-refractivity contribution is -0.138. The van der Waals surface area contributed by atoms with Crippen LogP contribution in [0.3, 0.4) is 0 Å². The van der Waals surface area contributed by atoms with Crippen molar-refractivity contribution in [1.29, 1.82) is 0 Å². The van der Waals surface area contributed by atoms with E-state index in [-0.39, 0.29) is 22.7 Å². The summed E-state index contributed by atoms with van der Waals surface area (Å²) in [4.78, 5) is 24.7. The van der Waals surface area contributed by atoms with Crippen LogP contribution < -0.4 is 5.32 Å². The molecule has 5 nitrogen and oxygen atoms in total. The number of aliphatic hydroxyl groups is 1. The first-order chi connectivity index (χ1) is 11.7. The number of carbonyl (C=O) groups is 2. The van der Waals surface area contributed by atoms with E-state index in [2.05, 4.69) is 5.32 Å². The molecule has 0 saturated heterocycles. The zero-order valence-electron chi connectivity index (χ0n) is 14.1. The van der Waals surface area contributed by atoms with Gasteiger partial charge in [0, 0.05) is 15.8 Å². The minimum atomic E-state index is -1.07. The Labute approximate surface area is 158 Å². The van der Waals surface area contributed by atoms with E-state index in [0.717, 1.165) is 12.3 Å². The van der Waals surface area contributed by atoms with Crippen LogP contribution in [0.15, 0.2) is 23.9 Å². The molecule has 0 spiro atoms. The Balaban J connectivity index is 3.26. The molecule has 0 bridgehead atoms. The van der Waals surface area contributed by atoms with Crippen molar-refractivity contribution in [2.75, 3.05) is 13.2 Å². The van der Waals surface area contributed by atoms with Gasteiger partial charge in [0.2, 0.25) is 5.78 Å². The number of Topliss-reactive ketones (excluding diaryl/α,β-unsaturated/α-hetero) is 1. The number of hydrogen-bond acceptors (Lipinski definition) is 5. The van der Waals surface area contributed by atoms with Gasteiger partial charge >= 0.3 is 5.97 Å². The van der Waals surface area contributed by atoms with Crippen LogP contribution in [0.25, 0.3) is 0 Å². The molecule has 0 fully saturated rings. The van der Waals surface area contributed by atoms with Crippen molar-refractivity contribution in [3.63, 3.8) is 0 Å². The molecule has 1 aromatic carbocycles.